The summed E-state index contributed by atoms with van der Waals surface area (Å²) in [7, 11) is 0. The predicted octanol–water partition coefficient (Wildman–Crippen LogP) is 12.8. The van der Waals surface area contributed by atoms with Crippen molar-refractivity contribution in [1.29, 1.82) is 0 Å². The highest BCUT2D eigenvalue weighted by atomic mass is 16.3. The number of fused-ring (bicyclic) bond motifs is 6. The van der Waals surface area contributed by atoms with Gasteiger partial charge in [0.15, 0.2) is 17.5 Å². The Morgan fingerprint density at radius 2 is 0.875 bits per heavy atom. The second-order valence-electron chi connectivity index (χ2n) is 14.3. The third-order valence-electron chi connectivity index (χ3n) is 11.2. The lowest BCUT2D eigenvalue weighted by atomic mass is 9.67. The van der Waals surface area contributed by atoms with Gasteiger partial charge in [-0.2, -0.15) is 0 Å². The zero-order chi connectivity index (χ0) is 37.1. The molecule has 11 rings (SSSR count). The lowest BCUT2D eigenvalue weighted by Gasteiger charge is -2.34. The van der Waals surface area contributed by atoms with Gasteiger partial charge in [0.1, 0.15) is 11.2 Å². The first-order valence-electron chi connectivity index (χ1n) is 18.9. The third-order valence-corrected chi connectivity index (χ3v) is 11.2. The van der Waals surface area contributed by atoms with E-state index in [2.05, 4.69) is 164 Å². The first kappa shape index (κ1) is 32.0. The molecule has 1 aliphatic rings. The summed E-state index contributed by atoms with van der Waals surface area (Å²) in [5, 5.41) is 2.00. The number of aromatic nitrogens is 3. The van der Waals surface area contributed by atoms with Gasteiger partial charge in [-0.1, -0.05) is 176 Å². The van der Waals surface area contributed by atoms with Gasteiger partial charge in [-0.15, -0.1) is 0 Å². The Labute approximate surface area is 324 Å². The van der Waals surface area contributed by atoms with Crippen molar-refractivity contribution in [2.75, 3.05) is 0 Å². The molecule has 262 valence electrons. The van der Waals surface area contributed by atoms with Crippen molar-refractivity contribution in [1.82, 2.24) is 15.0 Å². The summed E-state index contributed by atoms with van der Waals surface area (Å²) in [5.74, 6) is 1.81. The maximum absolute atomic E-state index is 6.45. The van der Waals surface area contributed by atoms with Crippen LogP contribution in [0.1, 0.15) is 22.3 Å². The van der Waals surface area contributed by atoms with E-state index in [1.54, 1.807) is 0 Å². The summed E-state index contributed by atoms with van der Waals surface area (Å²) in [6.07, 6.45) is 0. The van der Waals surface area contributed by atoms with Crippen LogP contribution in [0.25, 0.3) is 78.4 Å². The van der Waals surface area contributed by atoms with Crippen LogP contribution in [-0.2, 0) is 5.41 Å². The Bertz CT molecular complexity index is 3030. The molecule has 10 aromatic rings. The van der Waals surface area contributed by atoms with Gasteiger partial charge in [-0.3, -0.25) is 0 Å². The van der Waals surface area contributed by atoms with Crippen molar-refractivity contribution in [3.63, 3.8) is 0 Å². The molecule has 0 saturated heterocycles. The molecule has 0 bridgehead atoms. The molecule has 0 saturated carbocycles. The molecule has 0 spiro atoms. The van der Waals surface area contributed by atoms with Crippen LogP contribution in [0.15, 0.2) is 205 Å². The van der Waals surface area contributed by atoms with Crippen molar-refractivity contribution < 1.29 is 4.42 Å². The number of rotatable bonds is 6. The van der Waals surface area contributed by atoms with Crippen LogP contribution in [0.2, 0.25) is 0 Å². The fourth-order valence-corrected chi connectivity index (χ4v) is 8.77. The highest BCUT2D eigenvalue weighted by molar-refractivity contribution is 6.12. The SMILES string of the molecule is c1ccc(-c2ccc3oc4cccc(-c5nc(-c6ccccc6)nc(-c6cccc(C7(c8ccccc8)c8ccccc8-c8ccccc87)c6)n5)c4c3c2)cc1. The van der Waals surface area contributed by atoms with Crippen LogP contribution < -0.4 is 0 Å². The Balaban J connectivity index is 1.14. The molecular formula is C52H33N3O. The number of benzene rings is 8. The fourth-order valence-electron chi connectivity index (χ4n) is 8.77. The van der Waals surface area contributed by atoms with Crippen molar-refractivity contribution >= 4 is 21.9 Å². The minimum atomic E-state index is -0.541. The molecule has 4 heteroatoms. The molecule has 2 aromatic heterocycles. The first-order valence-corrected chi connectivity index (χ1v) is 18.9. The van der Waals surface area contributed by atoms with Crippen LogP contribution in [0.3, 0.4) is 0 Å². The molecule has 1 aliphatic carbocycles. The standard InChI is InChI=1S/C52H33N3O/c1-4-16-34(17-5-1)36-30-31-46-43(33-36)48-42(26-15-29-47(48)56-46)51-54-49(35-18-6-2-7-19-35)53-50(55-51)37-20-14-23-39(32-37)52(38-21-8-3-9-22-38)44-27-12-10-24-40(44)41-25-11-13-28-45(41)52/h1-33H. The molecule has 8 aromatic carbocycles. The summed E-state index contributed by atoms with van der Waals surface area (Å²) < 4.78 is 6.45. The molecule has 0 aliphatic heterocycles. The molecule has 0 N–H and O–H groups in total. The lowest BCUT2D eigenvalue weighted by Crippen LogP contribution is -2.28. The minimum Gasteiger partial charge on any atom is -0.456 e. The average molecular weight is 716 g/mol. The van der Waals surface area contributed by atoms with Crippen LogP contribution in [0.5, 0.6) is 0 Å². The average Bonchev–Trinajstić information content (AvgIpc) is 3.81. The molecule has 0 radical (unpaired) electrons. The monoisotopic (exact) mass is 715 g/mol. The van der Waals surface area contributed by atoms with Crippen LogP contribution >= 0.6 is 0 Å². The molecule has 0 amide bonds. The summed E-state index contributed by atoms with van der Waals surface area (Å²) >= 11 is 0. The summed E-state index contributed by atoms with van der Waals surface area (Å²) in [6, 6.07) is 70.4. The predicted molar refractivity (Wildman–Crippen MR) is 226 cm³/mol. The Hall–Kier alpha value is -7.43. The Kier molecular flexibility index (Phi) is 7.36. The Morgan fingerprint density at radius 3 is 1.59 bits per heavy atom. The summed E-state index contributed by atoms with van der Waals surface area (Å²) in [5.41, 5.74) is 13.5. The van der Waals surface area contributed by atoms with E-state index in [9.17, 15) is 0 Å². The van der Waals surface area contributed by atoms with Crippen molar-refractivity contribution in [2.24, 2.45) is 0 Å². The summed E-state index contributed by atoms with van der Waals surface area (Å²) in [6.45, 7) is 0. The smallest absolute Gasteiger partial charge is 0.164 e. The van der Waals surface area contributed by atoms with Gasteiger partial charge in [0.2, 0.25) is 0 Å². The quantitative estimate of drug-likeness (QED) is 0.172. The van der Waals surface area contributed by atoms with Gasteiger partial charge < -0.3 is 4.42 Å². The molecule has 0 unspecified atom stereocenters. The van der Waals surface area contributed by atoms with Crippen molar-refractivity contribution in [3.8, 4) is 56.4 Å². The van der Waals surface area contributed by atoms with E-state index in [1.165, 1.54) is 27.8 Å². The molecule has 0 fully saturated rings. The number of hydrogen-bond acceptors (Lipinski definition) is 4. The second kappa shape index (κ2) is 12.9. The molecule has 0 atom stereocenters. The first-order chi connectivity index (χ1) is 27.8. The van der Waals surface area contributed by atoms with Gasteiger partial charge in [-0.25, -0.2) is 15.0 Å². The topological polar surface area (TPSA) is 51.8 Å². The van der Waals surface area contributed by atoms with Gasteiger partial charge >= 0.3 is 0 Å². The van der Waals surface area contributed by atoms with Crippen LogP contribution in [0, 0.1) is 0 Å². The normalized spacial score (nSPS) is 12.8. The van der Waals surface area contributed by atoms with E-state index in [0.717, 1.165) is 55.3 Å². The molecule has 2 heterocycles. The number of hydrogen-bond donors (Lipinski definition) is 0. The van der Waals surface area contributed by atoms with Crippen LogP contribution in [0.4, 0.5) is 0 Å². The van der Waals surface area contributed by atoms with E-state index < -0.39 is 5.41 Å². The van der Waals surface area contributed by atoms with Crippen molar-refractivity contribution in [2.45, 2.75) is 5.41 Å². The largest absolute Gasteiger partial charge is 0.456 e. The van der Waals surface area contributed by atoms with Crippen LogP contribution in [-0.4, -0.2) is 15.0 Å². The third kappa shape index (κ3) is 4.96. The van der Waals surface area contributed by atoms with Gasteiger partial charge in [0, 0.05) is 27.5 Å². The maximum atomic E-state index is 6.45. The molecule has 56 heavy (non-hydrogen) atoms. The van der Waals surface area contributed by atoms with E-state index >= 15 is 0 Å². The fraction of sp³-hybridized carbons (Fsp3) is 0.0192. The van der Waals surface area contributed by atoms with E-state index in [4.69, 9.17) is 19.4 Å². The number of nitrogens with zero attached hydrogens (tertiary/aromatic N) is 3. The van der Waals surface area contributed by atoms with Crippen molar-refractivity contribution in [3.05, 3.63) is 222 Å². The minimum absolute atomic E-state index is 0.541. The lowest BCUT2D eigenvalue weighted by molar-refractivity contribution is 0.669. The van der Waals surface area contributed by atoms with Gasteiger partial charge in [-0.05, 0) is 68.8 Å². The highest BCUT2D eigenvalue weighted by Crippen LogP contribution is 2.56. The zero-order valence-corrected chi connectivity index (χ0v) is 30.3. The number of furan rings is 1. The Morgan fingerprint density at radius 1 is 0.339 bits per heavy atom. The zero-order valence-electron chi connectivity index (χ0n) is 30.3. The molecular weight excluding hydrogens is 683 g/mol. The van der Waals surface area contributed by atoms with E-state index in [1.807, 2.05) is 36.4 Å². The van der Waals surface area contributed by atoms with Gasteiger partial charge in [0.05, 0.1) is 5.41 Å². The second-order valence-corrected chi connectivity index (χ2v) is 14.3. The molecule has 4 nitrogen and oxygen atoms in total. The van der Waals surface area contributed by atoms with E-state index in [-0.39, 0.29) is 0 Å². The van der Waals surface area contributed by atoms with Gasteiger partial charge in [0.25, 0.3) is 0 Å². The maximum Gasteiger partial charge on any atom is 0.164 e. The van der Waals surface area contributed by atoms with E-state index in [0.29, 0.717) is 17.5 Å². The highest BCUT2D eigenvalue weighted by Gasteiger charge is 2.46. The summed E-state index contributed by atoms with van der Waals surface area (Å²) in [4.78, 5) is 15.7.